The number of allylic oxidation sites excluding steroid dienone is 1. The molecular formula is C35H59NO2. The van der Waals surface area contributed by atoms with E-state index in [0.717, 1.165) is 68.0 Å². The van der Waals surface area contributed by atoms with Gasteiger partial charge in [-0.3, -0.25) is 4.79 Å². The van der Waals surface area contributed by atoms with Crippen LogP contribution < -0.4 is 0 Å². The molecule has 0 spiro atoms. The van der Waals surface area contributed by atoms with E-state index < -0.39 is 0 Å². The quantitative estimate of drug-likeness (QED) is 0.222. The van der Waals surface area contributed by atoms with Crippen LogP contribution in [-0.2, 0) is 9.53 Å². The standard InChI is InChI=1S/C35H59NO2/c1-25(2)10-9-11-26(3)30-14-15-31-29-13-12-27-24-28(38-33(37)18-23-36-21-7-6-8-22-36)16-19-34(27,4)32(29)17-20-35(30,31)5/h12,25-26,28-32H,6-11,13-24H2,1-5H3/t26-,28+,29+,30-,31-,32+,34+,35-/m1/s1. The molecule has 4 fully saturated rings. The molecule has 0 unspecified atom stereocenters. The Morgan fingerprint density at radius 2 is 1.79 bits per heavy atom. The maximum absolute atomic E-state index is 12.7. The van der Waals surface area contributed by atoms with Gasteiger partial charge in [0.25, 0.3) is 0 Å². The molecule has 5 aliphatic rings. The number of hydrogen-bond acceptors (Lipinski definition) is 3. The molecular weight excluding hydrogens is 466 g/mol. The molecule has 3 saturated carbocycles. The van der Waals surface area contributed by atoms with Gasteiger partial charge in [0.1, 0.15) is 6.10 Å². The molecule has 0 aromatic carbocycles. The Balaban J connectivity index is 1.17. The highest BCUT2D eigenvalue weighted by Crippen LogP contribution is 2.67. The number of fused-ring (bicyclic) bond motifs is 5. The largest absolute Gasteiger partial charge is 0.462 e. The third-order valence-corrected chi connectivity index (χ3v) is 12.6. The Morgan fingerprint density at radius 3 is 2.55 bits per heavy atom. The highest BCUT2D eigenvalue weighted by Gasteiger charge is 2.59. The maximum Gasteiger partial charge on any atom is 0.307 e. The second kappa shape index (κ2) is 12.0. The predicted octanol–water partition coefficient (Wildman–Crippen LogP) is 8.82. The molecule has 0 N–H and O–H groups in total. The molecule has 0 aromatic rings. The number of hydrogen-bond donors (Lipinski definition) is 0. The Kier molecular flexibility index (Phi) is 9.03. The van der Waals surface area contributed by atoms with Crippen molar-refractivity contribution in [3.8, 4) is 0 Å². The molecule has 0 radical (unpaired) electrons. The normalized spacial score (nSPS) is 40.2. The number of likely N-dealkylation sites (tertiary alicyclic amines) is 1. The monoisotopic (exact) mass is 525 g/mol. The summed E-state index contributed by atoms with van der Waals surface area (Å²) in [6.07, 6.45) is 21.8. The average molecular weight is 526 g/mol. The van der Waals surface area contributed by atoms with Gasteiger partial charge in [-0.05, 0) is 117 Å². The zero-order valence-corrected chi connectivity index (χ0v) is 25.6. The zero-order valence-electron chi connectivity index (χ0n) is 25.6. The van der Waals surface area contributed by atoms with Gasteiger partial charge in [-0.25, -0.2) is 0 Å². The number of esters is 1. The third kappa shape index (κ3) is 5.80. The van der Waals surface area contributed by atoms with Crippen LogP contribution in [0.4, 0.5) is 0 Å². The molecule has 5 rings (SSSR count). The first-order valence-electron chi connectivity index (χ1n) is 16.8. The summed E-state index contributed by atoms with van der Waals surface area (Å²) in [6.45, 7) is 15.8. The molecule has 1 aliphatic heterocycles. The van der Waals surface area contributed by atoms with E-state index in [1.54, 1.807) is 5.57 Å². The first kappa shape index (κ1) is 28.7. The lowest BCUT2D eigenvalue weighted by molar-refractivity contribution is -0.152. The zero-order chi connectivity index (χ0) is 26.9. The highest BCUT2D eigenvalue weighted by molar-refractivity contribution is 5.69. The van der Waals surface area contributed by atoms with Gasteiger partial charge in [0, 0.05) is 13.0 Å². The topological polar surface area (TPSA) is 29.5 Å². The molecule has 38 heavy (non-hydrogen) atoms. The fourth-order valence-corrected chi connectivity index (χ4v) is 10.4. The van der Waals surface area contributed by atoms with E-state index in [1.165, 1.54) is 77.0 Å². The van der Waals surface area contributed by atoms with Gasteiger partial charge in [-0.1, -0.05) is 72.0 Å². The van der Waals surface area contributed by atoms with Gasteiger partial charge in [0.2, 0.25) is 0 Å². The van der Waals surface area contributed by atoms with Gasteiger partial charge in [0.15, 0.2) is 0 Å². The van der Waals surface area contributed by atoms with Crippen LogP contribution in [-0.4, -0.2) is 36.6 Å². The molecule has 8 atom stereocenters. The van der Waals surface area contributed by atoms with Crippen molar-refractivity contribution in [2.24, 2.45) is 46.3 Å². The lowest BCUT2D eigenvalue weighted by atomic mass is 9.47. The van der Waals surface area contributed by atoms with Crippen LogP contribution in [0.3, 0.4) is 0 Å². The van der Waals surface area contributed by atoms with Crippen molar-refractivity contribution in [1.29, 1.82) is 0 Å². The van der Waals surface area contributed by atoms with E-state index in [4.69, 9.17) is 4.74 Å². The van der Waals surface area contributed by atoms with Crippen molar-refractivity contribution in [1.82, 2.24) is 4.90 Å². The van der Waals surface area contributed by atoms with Gasteiger partial charge in [-0.2, -0.15) is 0 Å². The Morgan fingerprint density at radius 1 is 1.00 bits per heavy atom. The van der Waals surface area contributed by atoms with E-state index in [0.29, 0.717) is 17.3 Å². The minimum atomic E-state index is 0.0337. The van der Waals surface area contributed by atoms with E-state index in [9.17, 15) is 4.79 Å². The lowest BCUT2D eigenvalue weighted by Crippen LogP contribution is -2.51. The summed E-state index contributed by atoms with van der Waals surface area (Å²) in [5.74, 6) is 5.31. The molecule has 3 heteroatoms. The summed E-state index contributed by atoms with van der Waals surface area (Å²) in [5, 5.41) is 0. The first-order valence-corrected chi connectivity index (χ1v) is 16.8. The predicted molar refractivity (Wildman–Crippen MR) is 158 cm³/mol. The van der Waals surface area contributed by atoms with Crippen molar-refractivity contribution in [3.63, 3.8) is 0 Å². The van der Waals surface area contributed by atoms with Gasteiger partial charge >= 0.3 is 5.97 Å². The number of nitrogens with zero attached hydrogens (tertiary/aromatic N) is 1. The van der Waals surface area contributed by atoms with Crippen LogP contribution in [0.25, 0.3) is 0 Å². The molecule has 1 saturated heterocycles. The minimum Gasteiger partial charge on any atom is -0.462 e. The average Bonchev–Trinajstić information content (AvgIpc) is 3.25. The summed E-state index contributed by atoms with van der Waals surface area (Å²) in [7, 11) is 0. The smallest absolute Gasteiger partial charge is 0.307 e. The fourth-order valence-electron chi connectivity index (χ4n) is 10.4. The van der Waals surface area contributed by atoms with E-state index >= 15 is 0 Å². The summed E-state index contributed by atoms with van der Waals surface area (Å²) in [6, 6.07) is 0. The lowest BCUT2D eigenvalue weighted by Gasteiger charge is -2.58. The number of carbonyl (C=O) groups excluding carboxylic acids is 1. The van der Waals surface area contributed by atoms with Crippen LogP contribution in [0.15, 0.2) is 11.6 Å². The highest BCUT2D eigenvalue weighted by atomic mass is 16.5. The summed E-state index contributed by atoms with van der Waals surface area (Å²) in [5.41, 5.74) is 2.53. The van der Waals surface area contributed by atoms with Crippen molar-refractivity contribution < 1.29 is 9.53 Å². The second-order valence-corrected chi connectivity index (χ2v) is 15.3. The number of ether oxygens (including phenoxy) is 1. The summed E-state index contributed by atoms with van der Waals surface area (Å²) < 4.78 is 6.08. The van der Waals surface area contributed by atoms with Crippen molar-refractivity contribution >= 4 is 5.97 Å². The van der Waals surface area contributed by atoms with Crippen molar-refractivity contribution in [2.45, 2.75) is 137 Å². The summed E-state index contributed by atoms with van der Waals surface area (Å²) >= 11 is 0. The van der Waals surface area contributed by atoms with Gasteiger partial charge in [-0.15, -0.1) is 0 Å². The maximum atomic E-state index is 12.7. The Labute approximate surface area is 234 Å². The van der Waals surface area contributed by atoms with Crippen LogP contribution >= 0.6 is 0 Å². The van der Waals surface area contributed by atoms with Crippen LogP contribution in [0.1, 0.15) is 131 Å². The Bertz CT molecular complexity index is 843. The molecule has 0 amide bonds. The molecule has 4 aliphatic carbocycles. The van der Waals surface area contributed by atoms with E-state index in [2.05, 4.69) is 45.6 Å². The van der Waals surface area contributed by atoms with E-state index in [1.807, 2.05) is 0 Å². The molecule has 0 bridgehead atoms. The van der Waals surface area contributed by atoms with E-state index in [-0.39, 0.29) is 12.1 Å². The van der Waals surface area contributed by atoms with Gasteiger partial charge < -0.3 is 9.64 Å². The molecule has 1 heterocycles. The van der Waals surface area contributed by atoms with Crippen molar-refractivity contribution in [2.75, 3.05) is 19.6 Å². The number of rotatable bonds is 9. The minimum absolute atomic E-state index is 0.0337. The summed E-state index contributed by atoms with van der Waals surface area (Å²) in [4.78, 5) is 15.1. The number of piperidine rings is 1. The molecule has 3 nitrogen and oxygen atoms in total. The molecule has 0 aromatic heterocycles. The Hall–Kier alpha value is -0.830. The number of carbonyl (C=O) groups is 1. The molecule has 216 valence electrons. The first-order chi connectivity index (χ1) is 18.2. The van der Waals surface area contributed by atoms with Crippen LogP contribution in [0.2, 0.25) is 0 Å². The van der Waals surface area contributed by atoms with Crippen LogP contribution in [0.5, 0.6) is 0 Å². The van der Waals surface area contributed by atoms with Gasteiger partial charge in [0.05, 0.1) is 6.42 Å². The fraction of sp³-hybridized carbons (Fsp3) is 0.914. The van der Waals surface area contributed by atoms with Crippen molar-refractivity contribution in [3.05, 3.63) is 11.6 Å². The third-order valence-electron chi connectivity index (χ3n) is 12.6. The second-order valence-electron chi connectivity index (χ2n) is 15.3. The SMILES string of the molecule is CC(C)CCC[C@@H](C)[C@H]1CC[C@@H]2[C@@H]3CC=C4C[C@@H](OC(=O)CCN5CCCCC5)CC[C@]4(C)[C@H]3CC[C@@]21C. The van der Waals surface area contributed by atoms with Crippen LogP contribution in [0, 0.1) is 46.3 Å².